The van der Waals surface area contributed by atoms with Crippen molar-refractivity contribution in [2.45, 2.75) is 13.5 Å². The van der Waals surface area contributed by atoms with Crippen LogP contribution in [0.5, 0.6) is 0 Å². The highest BCUT2D eigenvalue weighted by Crippen LogP contribution is 2.20. The first kappa shape index (κ1) is 16.2. The van der Waals surface area contributed by atoms with Crippen LogP contribution in [-0.2, 0) is 11.3 Å². The van der Waals surface area contributed by atoms with Gasteiger partial charge in [-0.05, 0) is 37.3 Å². The Balaban J connectivity index is 1.46. The summed E-state index contributed by atoms with van der Waals surface area (Å²) in [5.74, 6) is -0.0232. The van der Waals surface area contributed by atoms with E-state index >= 15 is 0 Å². The van der Waals surface area contributed by atoms with Crippen molar-refractivity contribution in [3.63, 3.8) is 0 Å². The fraction of sp³-hybridized carbons (Fsp3) is 0.125. The second kappa shape index (κ2) is 6.52. The summed E-state index contributed by atoms with van der Waals surface area (Å²) in [7, 11) is 0. The van der Waals surface area contributed by atoms with Crippen LogP contribution in [0, 0.1) is 6.92 Å². The first-order valence-corrected chi connectivity index (χ1v) is 7.92. The molecule has 0 saturated carbocycles. The van der Waals surface area contributed by atoms with Crippen molar-refractivity contribution in [3.8, 4) is 11.5 Å². The van der Waals surface area contributed by atoms with Gasteiger partial charge in [0, 0.05) is 22.5 Å². The Bertz CT molecular complexity index is 1090. The van der Waals surface area contributed by atoms with E-state index in [1.165, 1.54) is 4.52 Å². The smallest absolute Gasteiger partial charge is 0.378 e. The summed E-state index contributed by atoms with van der Waals surface area (Å²) >= 11 is 5.84. The number of ether oxygens (including phenoxy) is 1. The monoisotopic (exact) mass is 370 g/mol. The van der Waals surface area contributed by atoms with Gasteiger partial charge in [-0.15, -0.1) is 15.3 Å². The molecule has 0 fully saturated rings. The van der Waals surface area contributed by atoms with Crippen molar-refractivity contribution in [1.29, 1.82) is 0 Å². The van der Waals surface area contributed by atoms with Crippen LogP contribution in [-0.4, -0.2) is 35.7 Å². The Hall–Kier alpha value is -3.33. The molecule has 0 atom stereocenters. The average Bonchev–Trinajstić information content (AvgIpc) is 3.28. The lowest BCUT2D eigenvalue weighted by Gasteiger charge is -1.97. The molecule has 0 aliphatic rings. The zero-order chi connectivity index (χ0) is 18.1. The second-order valence-electron chi connectivity index (χ2n) is 5.32. The molecule has 9 nitrogen and oxygen atoms in total. The zero-order valence-corrected chi connectivity index (χ0v) is 14.2. The fourth-order valence-electron chi connectivity index (χ4n) is 2.21. The SMILES string of the molecule is Cc1ccnc2nc(C(=O)OCc3nnc(-c4ccc(Cl)cc4)o3)nn12. The standard InChI is InChI=1S/C16H11ClN6O3/c1-9-6-7-18-16-19-13(22-23(9)16)15(24)25-8-12-20-21-14(26-12)10-2-4-11(17)5-3-10/h2-7H,8H2,1H3. The average molecular weight is 371 g/mol. The topological polar surface area (TPSA) is 108 Å². The third-order valence-electron chi connectivity index (χ3n) is 3.50. The van der Waals surface area contributed by atoms with Gasteiger partial charge in [-0.25, -0.2) is 14.3 Å². The van der Waals surface area contributed by atoms with Gasteiger partial charge in [-0.1, -0.05) is 11.6 Å². The molecule has 0 radical (unpaired) electrons. The maximum absolute atomic E-state index is 12.1. The quantitative estimate of drug-likeness (QED) is 0.504. The van der Waals surface area contributed by atoms with Gasteiger partial charge in [0.1, 0.15) is 0 Å². The van der Waals surface area contributed by atoms with Crippen molar-refractivity contribution in [1.82, 2.24) is 29.8 Å². The predicted octanol–water partition coefficient (Wildman–Crippen LogP) is 2.49. The van der Waals surface area contributed by atoms with E-state index in [1.807, 2.05) is 6.92 Å². The van der Waals surface area contributed by atoms with E-state index in [4.69, 9.17) is 20.8 Å². The highest BCUT2D eigenvalue weighted by atomic mass is 35.5. The van der Waals surface area contributed by atoms with Gasteiger partial charge in [-0.2, -0.15) is 4.98 Å². The number of carbonyl (C=O) groups is 1. The number of aryl methyl sites for hydroxylation is 1. The van der Waals surface area contributed by atoms with Gasteiger partial charge < -0.3 is 9.15 Å². The van der Waals surface area contributed by atoms with Crippen LogP contribution in [0.4, 0.5) is 0 Å². The molecule has 10 heteroatoms. The fourth-order valence-corrected chi connectivity index (χ4v) is 2.33. The molecule has 4 aromatic rings. The molecule has 0 aliphatic heterocycles. The van der Waals surface area contributed by atoms with Crippen LogP contribution >= 0.6 is 11.6 Å². The summed E-state index contributed by atoms with van der Waals surface area (Å²) in [6, 6.07) is 8.69. The van der Waals surface area contributed by atoms with Crippen molar-refractivity contribution in [3.05, 3.63) is 59.0 Å². The summed E-state index contributed by atoms with van der Waals surface area (Å²) in [5.41, 5.74) is 1.51. The Morgan fingerprint density at radius 1 is 1.23 bits per heavy atom. The highest BCUT2D eigenvalue weighted by molar-refractivity contribution is 6.30. The minimum Gasteiger partial charge on any atom is -0.450 e. The summed E-state index contributed by atoms with van der Waals surface area (Å²) in [4.78, 5) is 20.2. The normalized spacial score (nSPS) is 11.0. The third-order valence-corrected chi connectivity index (χ3v) is 3.75. The molecule has 0 saturated heterocycles. The Labute approximate surface area is 151 Å². The molecular formula is C16H11ClN6O3. The van der Waals surface area contributed by atoms with E-state index in [0.717, 1.165) is 5.69 Å². The molecule has 0 amide bonds. The predicted molar refractivity (Wildman–Crippen MR) is 89.4 cm³/mol. The number of nitrogens with zero attached hydrogens (tertiary/aromatic N) is 6. The minimum absolute atomic E-state index is 0.0933. The van der Waals surface area contributed by atoms with Gasteiger partial charge in [0.15, 0.2) is 6.61 Å². The van der Waals surface area contributed by atoms with Gasteiger partial charge in [0.05, 0.1) is 0 Å². The first-order chi connectivity index (χ1) is 12.6. The molecule has 130 valence electrons. The largest absolute Gasteiger partial charge is 0.450 e. The van der Waals surface area contributed by atoms with Gasteiger partial charge >= 0.3 is 5.97 Å². The van der Waals surface area contributed by atoms with Gasteiger partial charge in [0.25, 0.3) is 17.5 Å². The lowest BCUT2D eigenvalue weighted by atomic mass is 10.2. The van der Waals surface area contributed by atoms with E-state index in [9.17, 15) is 4.79 Å². The first-order valence-electron chi connectivity index (χ1n) is 7.54. The number of halogens is 1. The Morgan fingerprint density at radius 3 is 2.81 bits per heavy atom. The number of hydrogen-bond donors (Lipinski definition) is 0. The molecule has 4 rings (SSSR count). The van der Waals surface area contributed by atoms with E-state index in [-0.39, 0.29) is 18.3 Å². The van der Waals surface area contributed by atoms with Gasteiger partial charge in [0.2, 0.25) is 5.89 Å². The number of esters is 1. The molecule has 0 N–H and O–H groups in total. The van der Waals surface area contributed by atoms with E-state index in [0.29, 0.717) is 22.3 Å². The number of benzene rings is 1. The summed E-state index contributed by atoms with van der Waals surface area (Å²) in [5, 5.41) is 12.4. The van der Waals surface area contributed by atoms with Crippen molar-refractivity contribution < 1.29 is 13.9 Å². The third kappa shape index (κ3) is 3.11. The number of aromatic nitrogens is 6. The van der Waals surface area contributed by atoms with E-state index < -0.39 is 5.97 Å². The molecule has 0 aliphatic carbocycles. The minimum atomic E-state index is -0.707. The molecule has 1 aromatic carbocycles. The van der Waals surface area contributed by atoms with Crippen molar-refractivity contribution in [2.24, 2.45) is 0 Å². The second-order valence-corrected chi connectivity index (χ2v) is 5.75. The summed E-state index contributed by atoms with van der Waals surface area (Å²) in [6.07, 6.45) is 1.59. The number of fused-ring (bicyclic) bond motifs is 1. The highest BCUT2D eigenvalue weighted by Gasteiger charge is 2.17. The van der Waals surface area contributed by atoms with Crippen LogP contribution < -0.4 is 0 Å². The lowest BCUT2D eigenvalue weighted by Crippen LogP contribution is -2.08. The van der Waals surface area contributed by atoms with Gasteiger partial charge in [-0.3, -0.25) is 0 Å². The van der Waals surface area contributed by atoms with E-state index in [2.05, 4.69) is 25.3 Å². The van der Waals surface area contributed by atoms with Crippen LogP contribution in [0.3, 0.4) is 0 Å². The van der Waals surface area contributed by atoms with E-state index in [1.54, 1.807) is 36.5 Å². The van der Waals surface area contributed by atoms with Crippen LogP contribution in [0.1, 0.15) is 22.2 Å². The molecule has 0 spiro atoms. The van der Waals surface area contributed by atoms with Crippen LogP contribution in [0.2, 0.25) is 5.02 Å². The van der Waals surface area contributed by atoms with Crippen molar-refractivity contribution >= 4 is 23.3 Å². The molecule has 3 heterocycles. The maximum atomic E-state index is 12.1. The molecule has 26 heavy (non-hydrogen) atoms. The number of rotatable bonds is 4. The van der Waals surface area contributed by atoms with Crippen LogP contribution in [0.15, 0.2) is 40.9 Å². The molecule has 3 aromatic heterocycles. The van der Waals surface area contributed by atoms with Crippen LogP contribution in [0.25, 0.3) is 17.2 Å². The summed E-state index contributed by atoms with van der Waals surface area (Å²) in [6.45, 7) is 1.64. The lowest BCUT2D eigenvalue weighted by molar-refractivity contribution is 0.0424. The summed E-state index contributed by atoms with van der Waals surface area (Å²) < 4.78 is 12.1. The van der Waals surface area contributed by atoms with Crippen molar-refractivity contribution in [2.75, 3.05) is 0 Å². The Morgan fingerprint density at radius 2 is 2.04 bits per heavy atom. The molecule has 0 unspecified atom stereocenters. The molecular weight excluding hydrogens is 360 g/mol. The number of carbonyl (C=O) groups excluding carboxylic acids is 1. The zero-order valence-electron chi connectivity index (χ0n) is 13.5. The Kier molecular flexibility index (Phi) is 4.05. The molecule has 0 bridgehead atoms. The number of hydrogen-bond acceptors (Lipinski definition) is 8. The maximum Gasteiger partial charge on any atom is 0.378 e.